The Kier molecular flexibility index (Phi) is 3.93. The summed E-state index contributed by atoms with van der Waals surface area (Å²) in [5.41, 5.74) is 0. The monoisotopic (exact) mass is 237 g/mol. The van der Waals surface area contributed by atoms with E-state index >= 15 is 0 Å². The Labute approximate surface area is 74.0 Å². The lowest BCUT2D eigenvalue weighted by atomic mass is 11.0. The van der Waals surface area contributed by atoms with Gasteiger partial charge in [-0.1, -0.05) is 0 Å². The molecule has 0 rings (SSSR count). The summed E-state index contributed by atoms with van der Waals surface area (Å²) in [6, 6.07) is 0. The predicted molar refractivity (Wildman–Crippen MR) is 39.4 cm³/mol. The van der Waals surface area contributed by atoms with E-state index in [0.29, 0.717) is 0 Å². The molecule has 0 fully saturated rings. The zero-order valence-electron chi connectivity index (χ0n) is 5.70. The lowest BCUT2D eigenvalue weighted by molar-refractivity contribution is 0.391. The van der Waals surface area contributed by atoms with Gasteiger partial charge in [-0.15, -0.1) is 0 Å². The van der Waals surface area contributed by atoms with Crippen LogP contribution in [0, 0.1) is 0 Å². The van der Waals surface area contributed by atoms with Gasteiger partial charge >= 0.3 is 0 Å². The van der Waals surface area contributed by atoms with Gasteiger partial charge in [-0.2, -0.15) is 8.42 Å². The maximum atomic E-state index is 10.2. The molecule has 7 nitrogen and oxygen atoms in total. The minimum atomic E-state index is -4.94. The molecule has 0 saturated heterocycles. The largest absolute Gasteiger partial charge is 0.725 e. The first kappa shape index (κ1) is 12.1. The number of hydrogen-bond donors (Lipinski definition) is 1. The molecule has 0 aliphatic heterocycles. The molecule has 0 radical (unpaired) electrons. The first-order valence-corrected chi connectivity index (χ1v) is 6.04. The molecule has 1 atom stereocenters. The fourth-order valence-corrected chi connectivity index (χ4v) is 1.67. The highest BCUT2D eigenvalue weighted by Gasteiger charge is 2.19. The van der Waals surface area contributed by atoms with Crippen molar-refractivity contribution in [2.24, 2.45) is 0 Å². The molecule has 0 aromatic heterocycles. The third-order valence-corrected chi connectivity index (χ3v) is 3.73. The Morgan fingerprint density at radius 3 is 2.08 bits per heavy atom. The number of rotatable bonds is 4. The van der Waals surface area contributed by atoms with Gasteiger partial charge in [-0.05, 0) is 6.92 Å². The van der Waals surface area contributed by atoms with Crippen LogP contribution in [0.1, 0.15) is 6.92 Å². The Hall–Kier alpha value is 0.130. The van der Waals surface area contributed by atoms with Gasteiger partial charge in [-0.3, -0.25) is 4.55 Å². The van der Waals surface area contributed by atoms with Crippen molar-refractivity contribution < 1.29 is 29.6 Å². The Morgan fingerprint density at radius 2 is 1.83 bits per heavy atom. The van der Waals surface area contributed by atoms with E-state index in [2.05, 4.69) is 3.63 Å². The van der Waals surface area contributed by atoms with Gasteiger partial charge < -0.3 is 4.55 Å². The summed E-state index contributed by atoms with van der Waals surface area (Å²) in [6.45, 7) is 0.963. The van der Waals surface area contributed by atoms with E-state index in [-0.39, 0.29) is 12.0 Å². The van der Waals surface area contributed by atoms with E-state index in [4.69, 9.17) is 4.55 Å². The van der Waals surface area contributed by atoms with Gasteiger partial charge in [-0.25, -0.2) is 12.0 Å². The van der Waals surface area contributed by atoms with Crippen molar-refractivity contribution in [3.63, 3.8) is 0 Å². The van der Waals surface area contributed by atoms with E-state index in [1.54, 1.807) is 0 Å². The normalized spacial score (nSPS) is 15.9. The summed E-state index contributed by atoms with van der Waals surface area (Å²) in [7, 11) is -9.33. The van der Waals surface area contributed by atoms with Crippen molar-refractivity contribution >= 4 is 32.6 Å². The van der Waals surface area contributed by atoms with Gasteiger partial charge in [0.05, 0.1) is 0 Å². The molecule has 12 heavy (non-hydrogen) atoms. The van der Waals surface area contributed by atoms with Crippen LogP contribution >= 0.6 is 12.0 Å². The zero-order valence-corrected chi connectivity index (χ0v) is 8.15. The van der Waals surface area contributed by atoms with Crippen molar-refractivity contribution in [2.45, 2.75) is 11.5 Å². The van der Waals surface area contributed by atoms with E-state index in [1.165, 1.54) is 0 Å². The summed E-state index contributed by atoms with van der Waals surface area (Å²) in [6.07, 6.45) is 0. The van der Waals surface area contributed by atoms with Crippen molar-refractivity contribution in [3.05, 3.63) is 0 Å². The second-order valence-electron chi connectivity index (χ2n) is 1.66. The maximum absolute atomic E-state index is 10.2. The van der Waals surface area contributed by atoms with E-state index < -0.39 is 25.1 Å². The van der Waals surface area contributed by atoms with Crippen LogP contribution in [-0.2, 0) is 24.1 Å². The standard InChI is InChI=1S/C2H6O7S3/c1-2(11(3,4)5)10-9-12(6,7)8/h2H,1H3,(H,3,4,5)(H,6,7,8)/p-1. The minimum absolute atomic E-state index is 0.148. The quantitative estimate of drug-likeness (QED) is 0.388. The molecule has 0 saturated carbocycles. The van der Waals surface area contributed by atoms with Gasteiger partial charge in [0.1, 0.15) is 0 Å². The molecule has 0 aromatic rings. The molecule has 74 valence electrons. The molecular formula is C2H5O7S3-. The molecule has 0 aliphatic rings. The fourth-order valence-electron chi connectivity index (χ4n) is 0.153. The maximum Gasteiger partial charge on any atom is 0.279 e. The topological polar surface area (TPSA) is 121 Å². The molecule has 10 heteroatoms. The fraction of sp³-hybridized carbons (Fsp3) is 1.00. The van der Waals surface area contributed by atoms with E-state index in [9.17, 15) is 21.4 Å². The first-order chi connectivity index (χ1) is 5.13. The van der Waals surface area contributed by atoms with E-state index in [0.717, 1.165) is 6.92 Å². The molecular weight excluding hydrogens is 232 g/mol. The SMILES string of the molecule is CC(SOS(=O)(=O)[O-])S(=O)(=O)O. The molecule has 0 amide bonds. The highest BCUT2D eigenvalue weighted by molar-refractivity contribution is 8.12. The molecule has 0 aromatic carbocycles. The average Bonchev–Trinajstić information content (AvgIpc) is 1.78. The summed E-state index contributed by atoms with van der Waals surface area (Å²) in [4.78, 5) is 0. The predicted octanol–water partition coefficient (Wildman–Crippen LogP) is -0.655. The second-order valence-corrected chi connectivity index (χ2v) is 5.95. The smallest absolute Gasteiger partial charge is 0.279 e. The highest BCUT2D eigenvalue weighted by atomic mass is 32.3. The van der Waals surface area contributed by atoms with Crippen LogP contribution in [0.25, 0.3) is 0 Å². The molecule has 0 bridgehead atoms. The van der Waals surface area contributed by atoms with Crippen LogP contribution in [0.15, 0.2) is 0 Å². The lowest BCUT2D eigenvalue weighted by Gasteiger charge is -2.08. The summed E-state index contributed by atoms with van der Waals surface area (Å²) < 4.78 is 60.0. The average molecular weight is 237 g/mol. The van der Waals surface area contributed by atoms with Crippen LogP contribution < -0.4 is 0 Å². The van der Waals surface area contributed by atoms with Crippen LogP contribution in [0.5, 0.6) is 0 Å². The van der Waals surface area contributed by atoms with Gasteiger partial charge in [0, 0.05) is 12.0 Å². The summed E-state index contributed by atoms with van der Waals surface area (Å²) in [5.74, 6) is 0. The van der Waals surface area contributed by atoms with Crippen molar-refractivity contribution in [3.8, 4) is 0 Å². The molecule has 1 unspecified atom stereocenters. The Balaban J connectivity index is 4.16. The lowest BCUT2D eigenvalue weighted by Crippen LogP contribution is -2.14. The molecule has 0 spiro atoms. The number of hydrogen-bond acceptors (Lipinski definition) is 7. The first-order valence-electron chi connectivity index (χ1n) is 2.40. The van der Waals surface area contributed by atoms with Crippen LogP contribution in [0.2, 0.25) is 0 Å². The Bertz CT molecular complexity index is 324. The molecule has 1 N–H and O–H groups in total. The van der Waals surface area contributed by atoms with Crippen LogP contribution in [0.4, 0.5) is 0 Å². The molecule has 0 heterocycles. The van der Waals surface area contributed by atoms with Crippen LogP contribution in [0.3, 0.4) is 0 Å². The van der Waals surface area contributed by atoms with E-state index in [1.807, 2.05) is 0 Å². The van der Waals surface area contributed by atoms with Crippen molar-refractivity contribution in [1.29, 1.82) is 0 Å². The second kappa shape index (κ2) is 3.89. The summed E-state index contributed by atoms with van der Waals surface area (Å²) >= 11 is -0.148. The van der Waals surface area contributed by atoms with Gasteiger partial charge in [0.25, 0.3) is 10.1 Å². The van der Waals surface area contributed by atoms with Gasteiger partial charge in [0.15, 0.2) is 4.58 Å². The summed E-state index contributed by atoms with van der Waals surface area (Å²) in [5, 5.41) is 0. The van der Waals surface area contributed by atoms with Crippen molar-refractivity contribution in [1.82, 2.24) is 0 Å². The third-order valence-electron chi connectivity index (χ3n) is 0.678. The Morgan fingerprint density at radius 1 is 1.42 bits per heavy atom. The minimum Gasteiger partial charge on any atom is -0.725 e. The zero-order chi connectivity index (χ0) is 9.99. The third kappa shape index (κ3) is 5.74. The van der Waals surface area contributed by atoms with Gasteiger partial charge in [0.2, 0.25) is 10.4 Å². The van der Waals surface area contributed by atoms with Crippen LogP contribution in [-0.4, -0.2) is 30.5 Å². The molecule has 0 aliphatic carbocycles. The van der Waals surface area contributed by atoms with Crippen molar-refractivity contribution in [2.75, 3.05) is 0 Å². The highest BCUT2D eigenvalue weighted by Crippen LogP contribution is 2.18.